The topological polar surface area (TPSA) is 61.8 Å². The van der Waals surface area contributed by atoms with Gasteiger partial charge in [0, 0.05) is 18.7 Å². The van der Waals surface area contributed by atoms with E-state index in [2.05, 4.69) is 17.0 Å². The molecule has 104 valence electrons. The summed E-state index contributed by atoms with van der Waals surface area (Å²) in [7, 11) is 0. The lowest BCUT2D eigenvalue weighted by Crippen LogP contribution is -2.26. The van der Waals surface area contributed by atoms with E-state index >= 15 is 0 Å². The highest BCUT2D eigenvalue weighted by Gasteiger charge is 2.24. The van der Waals surface area contributed by atoms with Crippen molar-refractivity contribution in [3.8, 4) is 0 Å². The molecule has 0 aromatic heterocycles. The van der Waals surface area contributed by atoms with Crippen molar-refractivity contribution in [1.29, 1.82) is 0 Å². The molecule has 0 unspecified atom stereocenters. The Morgan fingerprint density at radius 2 is 2.26 bits per heavy atom. The van der Waals surface area contributed by atoms with Crippen molar-refractivity contribution < 1.29 is 9.60 Å². The Labute approximate surface area is 112 Å². The van der Waals surface area contributed by atoms with Crippen molar-refractivity contribution in [3.63, 3.8) is 0 Å². The molecule has 0 radical (unpaired) electrons. The number of hydrogen-bond donors (Lipinski definition) is 2. The predicted octanol–water partition coefficient (Wildman–Crippen LogP) is 2.15. The summed E-state index contributed by atoms with van der Waals surface area (Å²) in [5.41, 5.74) is 6.21. The van der Waals surface area contributed by atoms with Crippen molar-refractivity contribution in [3.05, 3.63) is 35.1 Å². The molecule has 3 N–H and O–H groups in total. The summed E-state index contributed by atoms with van der Waals surface area (Å²) in [4.78, 5) is 2.23. The zero-order valence-electron chi connectivity index (χ0n) is 11.1. The van der Waals surface area contributed by atoms with E-state index < -0.39 is 5.82 Å². The third-order valence-corrected chi connectivity index (χ3v) is 3.52. The second-order valence-electron chi connectivity index (χ2n) is 5.04. The van der Waals surface area contributed by atoms with Crippen LogP contribution in [-0.4, -0.2) is 29.0 Å². The maximum Gasteiger partial charge on any atom is 0.173 e. The van der Waals surface area contributed by atoms with Gasteiger partial charge in [-0.05, 0) is 31.4 Å². The van der Waals surface area contributed by atoms with Gasteiger partial charge in [-0.2, -0.15) is 0 Å². The summed E-state index contributed by atoms with van der Waals surface area (Å²) in [6.07, 6.45) is 2.56. The lowest BCUT2D eigenvalue weighted by atomic mass is 10.1. The smallest absolute Gasteiger partial charge is 0.173 e. The highest BCUT2D eigenvalue weighted by atomic mass is 19.1. The number of nitrogens with two attached hydrogens (primary N) is 1. The van der Waals surface area contributed by atoms with Crippen LogP contribution in [0.5, 0.6) is 0 Å². The Hall–Kier alpha value is -1.62. The minimum atomic E-state index is -0.396. The van der Waals surface area contributed by atoms with Gasteiger partial charge in [0.25, 0.3) is 0 Å². The third-order valence-electron chi connectivity index (χ3n) is 3.52. The summed E-state index contributed by atoms with van der Waals surface area (Å²) in [5.74, 6) is 0.187. The van der Waals surface area contributed by atoms with Gasteiger partial charge in [-0.1, -0.05) is 24.2 Å². The van der Waals surface area contributed by atoms with E-state index in [0.717, 1.165) is 19.0 Å². The largest absolute Gasteiger partial charge is 0.409 e. The second-order valence-corrected chi connectivity index (χ2v) is 5.04. The molecule has 1 aromatic carbocycles. The molecule has 2 rings (SSSR count). The summed E-state index contributed by atoms with van der Waals surface area (Å²) >= 11 is 0. The Balaban J connectivity index is 2.14. The van der Waals surface area contributed by atoms with Gasteiger partial charge in [-0.25, -0.2) is 4.39 Å². The monoisotopic (exact) mass is 265 g/mol. The SMILES string of the molecule is CCN(Cc1cccc(/C(N)=N/O)c1F)CC1CC1. The maximum absolute atomic E-state index is 14.3. The van der Waals surface area contributed by atoms with Crippen LogP contribution in [0.15, 0.2) is 23.4 Å². The first-order chi connectivity index (χ1) is 9.15. The van der Waals surface area contributed by atoms with Crippen LogP contribution in [0, 0.1) is 11.7 Å². The van der Waals surface area contributed by atoms with Crippen molar-refractivity contribution in [2.24, 2.45) is 16.8 Å². The normalized spacial score (nSPS) is 16.1. The van der Waals surface area contributed by atoms with E-state index in [-0.39, 0.29) is 11.4 Å². The molecule has 1 aliphatic rings. The molecular formula is C14H20FN3O. The first-order valence-electron chi connectivity index (χ1n) is 6.63. The van der Waals surface area contributed by atoms with Crippen LogP contribution in [0.4, 0.5) is 4.39 Å². The van der Waals surface area contributed by atoms with E-state index in [1.54, 1.807) is 12.1 Å². The van der Waals surface area contributed by atoms with Gasteiger partial charge < -0.3 is 10.9 Å². The summed E-state index contributed by atoms with van der Waals surface area (Å²) < 4.78 is 14.3. The van der Waals surface area contributed by atoms with Crippen molar-refractivity contribution in [2.75, 3.05) is 13.1 Å². The van der Waals surface area contributed by atoms with Gasteiger partial charge in [0.05, 0.1) is 5.56 Å². The summed E-state index contributed by atoms with van der Waals surface area (Å²) in [5, 5.41) is 11.5. The van der Waals surface area contributed by atoms with E-state index in [0.29, 0.717) is 12.1 Å². The predicted molar refractivity (Wildman–Crippen MR) is 72.6 cm³/mol. The second kappa shape index (κ2) is 6.02. The molecule has 0 saturated heterocycles. The quantitative estimate of drug-likeness (QED) is 0.358. The summed E-state index contributed by atoms with van der Waals surface area (Å²) in [6.45, 7) is 4.55. The average molecular weight is 265 g/mol. The van der Waals surface area contributed by atoms with Gasteiger partial charge in [0.2, 0.25) is 0 Å². The highest BCUT2D eigenvalue weighted by Crippen LogP contribution is 2.30. The Morgan fingerprint density at radius 1 is 1.53 bits per heavy atom. The lowest BCUT2D eigenvalue weighted by Gasteiger charge is -2.21. The Bertz CT molecular complexity index is 472. The molecule has 5 heteroatoms. The van der Waals surface area contributed by atoms with Crippen molar-refractivity contribution in [2.45, 2.75) is 26.3 Å². The van der Waals surface area contributed by atoms with Crippen LogP contribution >= 0.6 is 0 Å². The minimum absolute atomic E-state index is 0.155. The average Bonchev–Trinajstić information content (AvgIpc) is 3.23. The fraction of sp³-hybridized carbons (Fsp3) is 0.500. The first kappa shape index (κ1) is 13.8. The minimum Gasteiger partial charge on any atom is -0.409 e. The van der Waals surface area contributed by atoms with Crippen LogP contribution in [-0.2, 0) is 6.54 Å². The van der Waals surface area contributed by atoms with Gasteiger partial charge in [-0.15, -0.1) is 0 Å². The van der Waals surface area contributed by atoms with Gasteiger partial charge in [0.1, 0.15) is 5.82 Å². The van der Waals surface area contributed by atoms with E-state index in [9.17, 15) is 4.39 Å². The molecule has 4 nitrogen and oxygen atoms in total. The van der Waals surface area contributed by atoms with Crippen LogP contribution in [0.2, 0.25) is 0 Å². The molecule has 0 atom stereocenters. The molecule has 1 fully saturated rings. The van der Waals surface area contributed by atoms with E-state index in [1.165, 1.54) is 18.9 Å². The maximum atomic E-state index is 14.3. The number of rotatable bonds is 6. The molecule has 0 amide bonds. The fourth-order valence-electron chi connectivity index (χ4n) is 2.17. The van der Waals surface area contributed by atoms with Crippen LogP contribution in [0.1, 0.15) is 30.9 Å². The molecule has 19 heavy (non-hydrogen) atoms. The number of halogens is 1. The highest BCUT2D eigenvalue weighted by molar-refractivity contribution is 5.97. The molecular weight excluding hydrogens is 245 g/mol. The van der Waals surface area contributed by atoms with Crippen LogP contribution < -0.4 is 5.73 Å². The number of nitrogens with zero attached hydrogens (tertiary/aromatic N) is 2. The van der Waals surface area contributed by atoms with Crippen LogP contribution in [0.3, 0.4) is 0 Å². The van der Waals surface area contributed by atoms with E-state index in [4.69, 9.17) is 10.9 Å². The molecule has 1 aromatic rings. The zero-order chi connectivity index (χ0) is 13.8. The molecule has 0 spiro atoms. The Morgan fingerprint density at radius 3 is 2.84 bits per heavy atom. The van der Waals surface area contributed by atoms with E-state index in [1.807, 2.05) is 0 Å². The standard InChI is InChI=1S/C14H20FN3O/c1-2-18(8-10-6-7-10)9-11-4-3-5-12(13(11)15)14(16)17-19/h3-5,10,19H,2,6-9H2,1H3,(H2,16,17). The van der Waals surface area contributed by atoms with Crippen molar-refractivity contribution >= 4 is 5.84 Å². The van der Waals surface area contributed by atoms with Gasteiger partial charge in [0.15, 0.2) is 5.84 Å². The molecule has 0 aliphatic heterocycles. The molecule has 0 heterocycles. The number of benzene rings is 1. The third kappa shape index (κ3) is 3.44. The van der Waals surface area contributed by atoms with Crippen LogP contribution in [0.25, 0.3) is 0 Å². The Kier molecular flexibility index (Phi) is 4.37. The molecule has 0 bridgehead atoms. The number of oxime groups is 1. The van der Waals surface area contributed by atoms with Gasteiger partial charge >= 0.3 is 0 Å². The lowest BCUT2D eigenvalue weighted by molar-refractivity contribution is 0.264. The number of hydrogen-bond acceptors (Lipinski definition) is 3. The fourth-order valence-corrected chi connectivity index (χ4v) is 2.17. The molecule has 1 aliphatic carbocycles. The summed E-state index contributed by atoms with van der Waals surface area (Å²) in [6, 6.07) is 5.00. The molecule has 1 saturated carbocycles. The van der Waals surface area contributed by atoms with Gasteiger partial charge in [-0.3, -0.25) is 4.90 Å². The number of amidine groups is 1. The zero-order valence-corrected chi connectivity index (χ0v) is 11.1. The van der Waals surface area contributed by atoms with Crippen molar-refractivity contribution in [1.82, 2.24) is 4.90 Å². The first-order valence-corrected chi connectivity index (χ1v) is 6.63.